The summed E-state index contributed by atoms with van der Waals surface area (Å²) in [4.78, 5) is 0. The van der Waals surface area contributed by atoms with Crippen molar-refractivity contribution in [3.05, 3.63) is 36.5 Å². The molecule has 0 aromatic heterocycles. The Morgan fingerprint density at radius 3 is 2.47 bits per heavy atom. The summed E-state index contributed by atoms with van der Waals surface area (Å²) < 4.78 is 0. The van der Waals surface area contributed by atoms with Gasteiger partial charge in [0.15, 0.2) is 0 Å². The molecule has 0 N–H and O–H groups in total. The maximum atomic E-state index is 3.94. The van der Waals surface area contributed by atoms with Gasteiger partial charge in [0.05, 0.1) is 0 Å². The number of hydrogen-bond acceptors (Lipinski definition) is 0. The predicted octanol–water partition coefficient (Wildman–Crippen LogP) is 5.28. The molecule has 0 heteroatoms. The molecule has 0 aliphatic heterocycles. The van der Waals surface area contributed by atoms with Crippen LogP contribution in [-0.2, 0) is 0 Å². The van der Waals surface area contributed by atoms with E-state index in [9.17, 15) is 0 Å². The zero-order chi connectivity index (χ0) is 11.7. The van der Waals surface area contributed by atoms with Crippen molar-refractivity contribution in [1.82, 2.24) is 0 Å². The predicted molar refractivity (Wildman–Crippen MR) is 71.0 cm³/mol. The molecule has 0 aliphatic carbocycles. The van der Waals surface area contributed by atoms with Gasteiger partial charge in [-0.25, -0.2) is 0 Å². The summed E-state index contributed by atoms with van der Waals surface area (Å²) >= 11 is 0. The lowest BCUT2D eigenvalue weighted by atomic mass is 9.95. The minimum Gasteiger partial charge on any atom is -0.103 e. The normalized spacial score (nSPS) is 13.7. The lowest BCUT2D eigenvalue weighted by Gasteiger charge is -2.10. The first-order valence-corrected chi connectivity index (χ1v) is 6.05. The molecule has 1 atom stereocenters. The summed E-state index contributed by atoms with van der Waals surface area (Å²) in [5, 5.41) is 0. The van der Waals surface area contributed by atoms with Crippen LogP contribution in [0, 0.1) is 5.92 Å². The first-order valence-electron chi connectivity index (χ1n) is 6.05. The Morgan fingerprint density at radius 1 is 1.33 bits per heavy atom. The molecule has 15 heavy (non-hydrogen) atoms. The van der Waals surface area contributed by atoms with E-state index in [1.807, 2.05) is 6.08 Å². The van der Waals surface area contributed by atoms with Gasteiger partial charge in [0.2, 0.25) is 0 Å². The average molecular weight is 206 g/mol. The van der Waals surface area contributed by atoms with E-state index in [0.29, 0.717) is 5.92 Å². The van der Waals surface area contributed by atoms with Crippen molar-refractivity contribution in [2.24, 2.45) is 5.92 Å². The van der Waals surface area contributed by atoms with Crippen molar-refractivity contribution in [3.63, 3.8) is 0 Å². The van der Waals surface area contributed by atoms with Crippen molar-refractivity contribution in [3.8, 4) is 0 Å². The van der Waals surface area contributed by atoms with Gasteiger partial charge in [-0.15, -0.1) is 13.2 Å². The smallest absolute Gasteiger partial charge is 0.0227 e. The van der Waals surface area contributed by atoms with Crippen LogP contribution >= 0.6 is 0 Å². The third kappa shape index (κ3) is 8.23. The van der Waals surface area contributed by atoms with Crippen molar-refractivity contribution in [1.29, 1.82) is 0 Å². The summed E-state index contributed by atoms with van der Waals surface area (Å²) in [5.41, 5.74) is 2.88. The van der Waals surface area contributed by atoms with Crippen LogP contribution in [0.25, 0.3) is 0 Å². The van der Waals surface area contributed by atoms with Gasteiger partial charge < -0.3 is 0 Å². The maximum absolute atomic E-state index is 3.94. The van der Waals surface area contributed by atoms with Crippen molar-refractivity contribution in [2.45, 2.75) is 52.9 Å². The summed E-state index contributed by atoms with van der Waals surface area (Å²) in [5.74, 6) is 0.604. The minimum atomic E-state index is 0.604. The van der Waals surface area contributed by atoms with E-state index in [4.69, 9.17) is 0 Å². The Hall–Kier alpha value is -0.780. The minimum absolute atomic E-state index is 0.604. The highest BCUT2D eigenvalue weighted by Crippen LogP contribution is 2.19. The van der Waals surface area contributed by atoms with Gasteiger partial charge in [-0.3, -0.25) is 0 Å². The first-order chi connectivity index (χ1) is 7.10. The Balaban J connectivity index is 3.99. The zero-order valence-corrected chi connectivity index (χ0v) is 10.7. The fourth-order valence-electron chi connectivity index (χ4n) is 1.69. The van der Waals surface area contributed by atoms with Crippen LogP contribution < -0.4 is 0 Å². The van der Waals surface area contributed by atoms with E-state index < -0.39 is 0 Å². The molecule has 0 radical (unpaired) electrons. The van der Waals surface area contributed by atoms with Crippen LogP contribution in [0.2, 0.25) is 0 Å². The van der Waals surface area contributed by atoms with Gasteiger partial charge in [0, 0.05) is 0 Å². The van der Waals surface area contributed by atoms with Gasteiger partial charge in [-0.2, -0.15) is 0 Å². The summed E-state index contributed by atoms with van der Waals surface area (Å²) in [6.45, 7) is 14.3. The Labute approximate surface area is 95.8 Å². The molecule has 1 unspecified atom stereocenters. The summed E-state index contributed by atoms with van der Waals surface area (Å²) in [7, 11) is 0. The molecule has 0 heterocycles. The molecule has 0 aliphatic rings. The quantitative estimate of drug-likeness (QED) is 0.474. The Bertz CT molecular complexity index is 220. The van der Waals surface area contributed by atoms with Gasteiger partial charge in [-0.1, -0.05) is 37.1 Å². The van der Waals surface area contributed by atoms with E-state index in [1.165, 1.54) is 24.8 Å². The molecule has 0 nitrogen and oxygen atoms in total. The highest BCUT2D eigenvalue weighted by Gasteiger charge is 2.02. The second kappa shape index (κ2) is 8.52. The lowest BCUT2D eigenvalue weighted by molar-refractivity contribution is 0.668. The molecule has 0 bridgehead atoms. The molecule has 0 amide bonds. The maximum Gasteiger partial charge on any atom is -0.0227 e. The Kier molecular flexibility index (Phi) is 8.08. The highest BCUT2D eigenvalue weighted by molar-refractivity contribution is 5.05. The average Bonchev–Trinajstić information content (AvgIpc) is 2.17. The van der Waals surface area contributed by atoms with E-state index in [0.717, 1.165) is 12.8 Å². The van der Waals surface area contributed by atoms with E-state index >= 15 is 0 Å². The van der Waals surface area contributed by atoms with E-state index in [2.05, 4.69) is 40.0 Å². The van der Waals surface area contributed by atoms with Gasteiger partial charge in [-0.05, 0) is 44.9 Å². The molecule has 0 saturated carbocycles. The topological polar surface area (TPSA) is 0 Å². The largest absolute Gasteiger partial charge is 0.103 e. The van der Waals surface area contributed by atoms with Crippen LogP contribution in [0.15, 0.2) is 36.5 Å². The Morgan fingerprint density at radius 2 is 2.00 bits per heavy atom. The molecular formula is C15H26. The van der Waals surface area contributed by atoms with Crippen molar-refractivity contribution in [2.75, 3.05) is 0 Å². The molecule has 0 spiro atoms. The van der Waals surface area contributed by atoms with Crippen molar-refractivity contribution < 1.29 is 0 Å². The standard InChI is InChI=1S/C15H26/c1-6-9-15(12-14(5)7-2)11-8-10-13(3)4/h7,9,14H,2-3,6,8,10-12H2,1,4-5H3. The molecule has 0 aromatic rings. The van der Waals surface area contributed by atoms with Crippen LogP contribution in [0.5, 0.6) is 0 Å². The fraction of sp³-hybridized carbons (Fsp3) is 0.600. The zero-order valence-electron chi connectivity index (χ0n) is 10.7. The molecule has 0 fully saturated rings. The van der Waals surface area contributed by atoms with Crippen molar-refractivity contribution >= 4 is 0 Å². The van der Waals surface area contributed by atoms with Crippen LogP contribution in [0.1, 0.15) is 52.9 Å². The second-order valence-corrected chi connectivity index (χ2v) is 4.50. The molecule has 0 aromatic carbocycles. The fourth-order valence-corrected chi connectivity index (χ4v) is 1.69. The van der Waals surface area contributed by atoms with Gasteiger partial charge >= 0.3 is 0 Å². The van der Waals surface area contributed by atoms with Crippen LogP contribution in [0.4, 0.5) is 0 Å². The molecule has 0 rings (SSSR count). The molecule has 0 saturated heterocycles. The lowest BCUT2D eigenvalue weighted by Crippen LogP contribution is -1.94. The van der Waals surface area contributed by atoms with E-state index in [-0.39, 0.29) is 0 Å². The monoisotopic (exact) mass is 206 g/mol. The third-order valence-electron chi connectivity index (χ3n) is 2.58. The van der Waals surface area contributed by atoms with Gasteiger partial charge in [0.1, 0.15) is 0 Å². The van der Waals surface area contributed by atoms with Crippen LogP contribution in [-0.4, -0.2) is 0 Å². The summed E-state index contributed by atoms with van der Waals surface area (Å²) in [6, 6.07) is 0. The number of allylic oxidation sites excluding steroid dienone is 4. The highest BCUT2D eigenvalue weighted by atomic mass is 14.1. The van der Waals surface area contributed by atoms with Gasteiger partial charge in [0.25, 0.3) is 0 Å². The first kappa shape index (κ1) is 14.2. The van der Waals surface area contributed by atoms with E-state index in [1.54, 1.807) is 5.57 Å². The summed E-state index contributed by atoms with van der Waals surface area (Å²) in [6.07, 6.45) is 10.4. The third-order valence-corrected chi connectivity index (χ3v) is 2.58. The number of hydrogen-bond donors (Lipinski definition) is 0. The SMILES string of the molecule is C=CC(C)CC(=CCC)CCCC(=C)C. The number of rotatable bonds is 8. The molecular weight excluding hydrogens is 180 g/mol. The second-order valence-electron chi connectivity index (χ2n) is 4.50. The molecule has 86 valence electrons. The van der Waals surface area contributed by atoms with Crippen LogP contribution in [0.3, 0.4) is 0 Å².